The van der Waals surface area contributed by atoms with Crippen LogP contribution in [0.3, 0.4) is 0 Å². The van der Waals surface area contributed by atoms with Crippen molar-refractivity contribution in [1.29, 1.82) is 0 Å². The molecule has 4 heterocycles. The van der Waals surface area contributed by atoms with Crippen molar-refractivity contribution >= 4 is 17.3 Å². The van der Waals surface area contributed by atoms with Gasteiger partial charge in [-0.3, -0.25) is 0 Å². The highest BCUT2D eigenvalue weighted by Crippen LogP contribution is 2.25. The summed E-state index contributed by atoms with van der Waals surface area (Å²) in [5.74, 6) is 1.41. The Bertz CT molecular complexity index is 1060. The average Bonchev–Trinajstić information content (AvgIpc) is 3.17. The van der Waals surface area contributed by atoms with Crippen molar-refractivity contribution in [2.75, 3.05) is 44.4 Å². The van der Waals surface area contributed by atoms with E-state index in [1.807, 2.05) is 6.20 Å². The lowest BCUT2D eigenvalue weighted by molar-refractivity contribution is 0.249. The van der Waals surface area contributed by atoms with Gasteiger partial charge in [0.05, 0.1) is 18.5 Å². The Morgan fingerprint density at radius 2 is 1.97 bits per heavy atom. The van der Waals surface area contributed by atoms with Crippen LogP contribution >= 0.6 is 0 Å². The maximum Gasteiger partial charge on any atom is 0.336 e. The SMILES string of the molecule is CCCCOc1nc(N)c2ncc(Cc3cnc(N4CCC(N(C)C)CC4)c(C)c3)n2n1. The van der Waals surface area contributed by atoms with Crippen molar-refractivity contribution in [2.45, 2.75) is 52.0 Å². The molecule has 0 aliphatic carbocycles. The van der Waals surface area contributed by atoms with E-state index in [4.69, 9.17) is 15.5 Å². The molecule has 1 saturated heterocycles. The van der Waals surface area contributed by atoms with Gasteiger partial charge in [0.2, 0.25) is 0 Å². The summed E-state index contributed by atoms with van der Waals surface area (Å²) in [6.45, 7) is 6.91. The minimum absolute atomic E-state index is 0.286. The molecule has 3 aromatic rings. The third-order valence-corrected chi connectivity index (χ3v) is 6.16. The Hall–Kier alpha value is -2.94. The molecule has 0 aromatic carbocycles. The molecule has 3 aromatic heterocycles. The number of nitrogens with two attached hydrogens (primary N) is 1. The van der Waals surface area contributed by atoms with Gasteiger partial charge < -0.3 is 20.3 Å². The molecule has 0 unspecified atom stereocenters. The number of anilines is 2. The molecule has 4 rings (SSSR count). The monoisotopic (exact) mass is 438 g/mol. The molecule has 0 atom stereocenters. The molecule has 2 N–H and O–H groups in total. The molecular weight excluding hydrogens is 404 g/mol. The lowest BCUT2D eigenvalue weighted by atomic mass is 10.0. The quantitative estimate of drug-likeness (QED) is 0.536. The molecule has 0 radical (unpaired) electrons. The number of hydrogen-bond acceptors (Lipinski definition) is 8. The number of pyridine rings is 1. The van der Waals surface area contributed by atoms with Gasteiger partial charge in [-0.2, -0.15) is 4.98 Å². The number of aryl methyl sites for hydroxylation is 1. The summed E-state index contributed by atoms with van der Waals surface area (Å²) in [7, 11) is 4.33. The van der Waals surface area contributed by atoms with Crippen LogP contribution in [-0.2, 0) is 6.42 Å². The number of hydrogen-bond donors (Lipinski definition) is 1. The fourth-order valence-corrected chi connectivity index (χ4v) is 4.27. The number of piperidine rings is 1. The van der Waals surface area contributed by atoms with Gasteiger partial charge >= 0.3 is 6.01 Å². The Balaban J connectivity index is 1.50. The smallest absolute Gasteiger partial charge is 0.336 e. The van der Waals surface area contributed by atoms with Gasteiger partial charge in [-0.25, -0.2) is 14.5 Å². The molecule has 1 aliphatic rings. The summed E-state index contributed by atoms with van der Waals surface area (Å²) in [6, 6.07) is 3.16. The molecule has 0 bridgehead atoms. The maximum atomic E-state index is 6.09. The highest BCUT2D eigenvalue weighted by atomic mass is 16.5. The van der Waals surface area contributed by atoms with E-state index < -0.39 is 0 Å². The minimum atomic E-state index is 0.286. The van der Waals surface area contributed by atoms with Crippen LogP contribution in [0.15, 0.2) is 18.5 Å². The van der Waals surface area contributed by atoms with Crippen LogP contribution in [0.25, 0.3) is 5.65 Å². The number of rotatable bonds is 8. The third-order valence-electron chi connectivity index (χ3n) is 6.16. The standard InChI is InChI=1S/C23H34N8O/c1-5-6-11-32-23-27-20(24)22-26-15-19(31(22)28-23)13-17-12-16(2)21(25-14-17)30-9-7-18(8-10-30)29(3)4/h12,14-15,18H,5-11,13H2,1-4H3,(H2,24,27,28). The lowest BCUT2D eigenvalue weighted by Crippen LogP contribution is -2.42. The third kappa shape index (κ3) is 4.77. The van der Waals surface area contributed by atoms with Gasteiger partial charge in [-0.15, -0.1) is 5.10 Å². The fraction of sp³-hybridized carbons (Fsp3) is 0.565. The second kappa shape index (κ2) is 9.68. The van der Waals surface area contributed by atoms with Crippen LogP contribution < -0.4 is 15.4 Å². The summed E-state index contributed by atoms with van der Waals surface area (Å²) >= 11 is 0. The highest BCUT2D eigenvalue weighted by Gasteiger charge is 2.22. The molecule has 32 heavy (non-hydrogen) atoms. The first kappa shape index (κ1) is 22.3. The van der Waals surface area contributed by atoms with Crippen LogP contribution in [0.2, 0.25) is 0 Å². The molecule has 0 amide bonds. The summed E-state index contributed by atoms with van der Waals surface area (Å²) in [5.41, 5.74) is 9.87. The molecule has 1 aliphatic heterocycles. The zero-order valence-corrected chi connectivity index (χ0v) is 19.6. The zero-order chi connectivity index (χ0) is 22.7. The van der Waals surface area contributed by atoms with Crippen LogP contribution in [0.4, 0.5) is 11.6 Å². The van der Waals surface area contributed by atoms with E-state index in [1.54, 1.807) is 10.7 Å². The van der Waals surface area contributed by atoms with Crippen molar-refractivity contribution < 1.29 is 4.74 Å². The van der Waals surface area contributed by atoms with Gasteiger partial charge in [0, 0.05) is 31.7 Å². The summed E-state index contributed by atoms with van der Waals surface area (Å²) < 4.78 is 7.40. The maximum absolute atomic E-state index is 6.09. The van der Waals surface area contributed by atoms with Gasteiger partial charge in [0.15, 0.2) is 11.5 Å². The number of fused-ring (bicyclic) bond motifs is 1. The van der Waals surface area contributed by atoms with Crippen LogP contribution in [0, 0.1) is 6.92 Å². The van der Waals surface area contributed by atoms with Gasteiger partial charge in [0.25, 0.3) is 0 Å². The van der Waals surface area contributed by atoms with Crippen LogP contribution in [-0.4, -0.2) is 69.3 Å². The van der Waals surface area contributed by atoms with E-state index in [0.29, 0.717) is 30.5 Å². The second-order valence-electron chi connectivity index (χ2n) is 8.81. The predicted octanol–water partition coefficient (Wildman–Crippen LogP) is 2.71. The van der Waals surface area contributed by atoms with Crippen molar-refractivity contribution in [2.24, 2.45) is 0 Å². The highest BCUT2D eigenvalue weighted by molar-refractivity contribution is 5.60. The average molecular weight is 439 g/mol. The number of imidazole rings is 1. The molecule has 9 nitrogen and oxygen atoms in total. The van der Waals surface area contributed by atoms with Gasteiger partial charge in [-0.1, -0.05) is 19.4 Å². The van der Waals surface area contributed by atoms with Crippen molar-refractivity contribution in [3.05, 3.63) is 35.3 Å². The minimum Gasteiger partial charge on any atom is -0.462 e. The van der Waals surface area contributed by atoms with E-state index in [1.165, 1.54) is 18.4 Å². The summed E-state index contributed by atoms with van der Waals surface area (Å²) in [5, 5.41) is 4.51. The predicted molar refractivity (Wildman–Crippen MR) is 126 cm³/mol. The number of ether oxygens (including phenoxy) is 1. The molecule has 172 valence electrons. The number of nitrogen functional groups attached to an aromatic ring is 1. The fourth-order valence-electron chi connectivity index (χ4n) is 4.27. The van der Waals surface area contributed by atoms with E-state index >= 15 is 0 Å². The van der Waals surface area contributed by atoms with Crippen molar-refractivity contribution in [1.82, 2.24) is 29.5 Å². The van der Waals surface area contributed by atoms with E-state index in [9.17, 15) is 0 Å². The first-order valence-corrected chi connectivity index (χ1v) is 11.5. The molecular formula is C23H34N8O. The normalized spacial score (nSPS) is 15.1. The van der Waals surface area contributed by atoms with E-state index in [0.717, 1.165) is 43.0 Å². The first-order valence-electron chi connectivity index (χ1n) is 11.5. The Morgan fingerprint density at radius 3 is 2.66 bits per heavy atom. The van der Waals surface area contributed by atoms with Gasteiger partial charge in [-0.05, 0) is 51.4 Å². The van der Waals surface area contributed by atoms with Crippen molar-refractivity contribution in [3.63, 3.8) is 0 Å². The van der Waals surface area contributed by atoms with Crippen LogP contribution in [0.1, 0.15) is 49.4 Å². The van der Waals surface area contributed by atoms with Crippen LogP contribution in [0.5, 0.6) is 6.01 Å². The Labute approximate surface area is 189 Å². The summed E-state index contributed by atoms with van der Waals surface area (Å²) in [4.78, 5) is 18.2. The molecule has 0 saturated carbocycles. The van der Waals surface area contributed by atoms with E-state index in [2.05, 4.69) is 58.9 Å². The van der Waals surface area contributed by atoms with Gasteiger partial charge in [0.1, 0.15) is 5.82 Å². The topological polar surface area (TPSA) is 97.7 Å². The molecule has 9 heteroatoms. The Kier molecular flexibility index (Phi) is 6.74. The second-order valence-corrected chi connectivity index (χ2v) is 8.81. The largest absolute Gasteiger partial charge is 0.462 e. The van der Waals surface area contributed by atoms with Crippen molar-refractivity contribution in [3.8, 4) is 6.01 Å². The molecule has 1 fully saturated rings. The zero-order valence-electron chi connectivity index (χ0n) is 19.6. The Morgan fingerprint density at radius 1 is 1.19 bits per heavy atom. The number of nitrogens with zero attached hydrogens (tertiary/aromatic N) is 7. The summed E-state index contributed by atoms with van der Waals surface area (Å²) in [6.07, 6.45) is 8.74. The lowest BCUT2D eigenvalue weighted by Gasteiger charge is -2.36. The first-order chi connectivity index (χ1) is 15.5. The number of unbranched alkanes of at least 4 members (excludes halogenated alkanes) is 1. The van der Waals surface area contributed by atoms with E-state index in [-0.39, 0.29) is 6.01 Å². The molecule has 0 spiro atoms. The number of aromatic nitrogens is 5.